The van der Waals surface area contributed by atoms with E-state index < -0.39 is 0 Å². The zero-order chi connectivity index (χ0) is 21.2. The molecule has 0 bridgehead atoms. The molecule has 1 aromatic heterocycles. The van der Waals surface area contributed by atoms with Crippen molar-refractivity contribution in [1.29, 1.82) is 0 Å². The van der Waals surface area contributed by atoms with Gasteiger partial charge in [0.1, 0.15) is 24.1 Å². The van der Waals surface area contributed by atoms with Gasteiger partial charge in [-0.25, -0.2) is 9.97 Å². The van der Waals surface area contributed by atoms with Crippen LogP contribution in [0.2, 0.25) is 5.02 Å². The van der Waals surface area contributed by atoms with Crippen molar-refractivity contribution in [2.45, 2.75) is 31.5 Å². The number of aliphatic hydroxyl groups excluding tert-OH is 1. The van der Waals surface area contributed by atoms with E-state index in [4.69, 9.17) is 16.3 Å². The van der Waals surface area contributed by atoms with E-state index in [0.717, 1.165) is 47.3 Å². The maximum absolute atomic E-state index is 10.1. The summed E-state index contributed by atoms with van der Waals surface area (Å²) in [6.45, 7) is 2.03. The van der Waals surface area contributed by atoms with E-state index in [-0.39, 0.29) is 12.2 Å². The van der Waals surface area contributed by atoms with Crippen LogP contribution in [0.5, 0.6) is 0 Å². The summed E-state index contributed by atoms with van der Waals surface area (Å²) in [5.74, 6) is 1.59. The lowest BCUT2D eigenvalue weighted by Crippen LogP contribution is -2.39. The first-order valence-corrected chi connectivity index (χ1v) is 11.0. The van der Waals surface area contributed by atoms with Crippen LogP contribution in [0.4, 0.5) is 17.3 Å². The van der Waals surface area contributed by atoms with Crippen molar-refractivity contribution >= 4 is 28.9 Å². The van der Waals surface area contributed by atoms with Gasteiger partial charge in [-0.15, -0.1) is 0 Å². The molecule has 7 heteroatoms. The number of aliphatic hydroxyl groups is 1. The van der Waals surface area contributed by atoms with Gasteiger partial charge >= 0.3 is 0 Å². The van der Waals surface area contributed by atoms with Crippen molar-refractivity contribution in [3.8, 4) is 0 Å². The number of nitrogens with zero attached hydrogens (tertiary/aromatic N) is 3. The minimum atomic E-state index is -0.286. The van der Waals surface area contributed by atoms with Gasteiger partial charge in [0, 0.05) is 41.9 Å². The van der Waals surface area contributed by atoms with Crippen LogP contribution < -0.4 is 10.2 Å². The van der Waals surface area contributed by atoms with Crippen LogP contribution in [0, 0.1) is 0 Å². The van der Waals surface area contributed by atoms with Crippen LogP contribution in [0.1, 0.15) is 29.2 Å². The van der Waals surface area contributed by atoms with Crippen LogP contribution in [-0.2, 0) is 17.6 Å². The molecule has 1 saturated heterocycles. The normalized spacial score (nSPS) is 20.9. The molecule has 0 amide bonds. The second-order valence-electron chi connectivity index (χ2n) is 8.05. The summed E-state index contributed by atoms with van der Waals surface area (Å²) in [6.07, 6.45) is 3.58. The highest BCUT2D eigenvalue weighted by atomic mass is 35.5. The molecule has 1 fully saturated rings. The van der Waals surface area contributed by atoms with Gasteiger partial charge in [0.25, 0.3) is 0 Å². The smallest absolute Gasteiger partial charge is 0.135 e. The molecule has 2 atom stereocenters. The Morgan fingerprint density at radius 3 is 2.94 bits per heavy atom. The molecule has 0 spiro atoms. The van der Waals surface area contributed by atoms with Crippen molar-refractivity contribution in [3.63, 3.8) is 0 Å². The summed E-state index contributed by atoms with van der Waals surface area (Å²) in [6, 6.07) is 16.0. The third-order valence-corrected chi connectivity index (χ3v) is 6.36. The second-order valence-corrected chi connectivity index (χ2v) is 8.46. The zero-order valence-corrected chi connectivity index (χ0v) is 17.9. The van der Waals surface area contributed by atoms with Gasteiger partial charge in [0.2, 0.25) is 0 Å². The Kier molecular flexibility index (Phi) is 5.76. The maximum atomic E-state index is 10.1. The fourth-order valence-electron chi connectivity index (χ4n) is 4.39. The van der Waals surface area contributed by atoms with Crippen LogP contribution in [0.15, 0.2) is 54.9 Å². The van der Waals surface area contributed by atoms with Crippen LogP contribution in [0.3, 0.4) is 0 Å². The SMILES string of the molecule is OC1CCc2cccc(Nc3cc(N4CCOC(c5ccccc5Cl)C4)ncn3)c2C1. The summed E-state index contributed by atoms with van der Waals surface area (Å²) < 4.78 is 5.99. The number of aromatic nitrogens is 2. The minimum Gasteiger partial charge on any atom is -0.393 e. The highest BCUT2D eigenvalue weighted by Gasteiger charge is 2.25. The summed E-state index contributed by atoms with van der Waals surface area (Å²) >= 11 is 6.38. The summed E-state index contributed by atoms with van der Waals surface area (Å²) in [4.78, 5) is 11.1. The standard InChI is InChI=1S/C24H25ClN4O2/c25-20-6-2-1-5-18(20)22-14-29(10-11-31-22)24-13-23(26-15-27-24)28-21-7-3-4-16-8-9-17(30)12-19(16)21/h1-7,13,15,17,22,30H,8-12,14H2,(H,26,27,28). The molecule has 31 heavy (non-hydrogen) atoms. The molecule has 2 heterocycles. The van der Waals surface area contributed by atoms with Gasteiger partial charge in [-0.2, -0.15) is 0 Å². The van der Waals surface area contributed by atoms with Crippen molar-refractivity contribution < 1.29 is 9.84 Å². The Bertz CT molecular complexity index is 1080. The highest BCUT2D eigenvalue weighted by Crippen LogP contribution is 2.32. The fraction of sp³-hybridized carbons (Fsp3) is 0.333. The average Bonchev–Trinajstić information content (AvgIpc) is 2.80. The molecule has 6 nitrogen and oxygen atoms in total. The number of ether oxygens (including phenoxy) is 1. The lowest BCUT2D eigenvalue weighted by Gasteiger charge is -2.34. The van der Waals surface area contributed by atoms with E-state index in [1.54, 1.807) is 6.33 Å². The summed E-state index contributed by atoms with van der Waals surface area (Å²) in [5.41, 5.74) is 4.46. The highest BCUT2D eigenvalue weighted by molar-refractivity contribution is 6.31. The molecule has 2 unspecified atom stereocenters. The van der Waals surface area contributed by atoms with E-state index in [9.17, 15) is 5.11 Å². The summed E-state index contributed by atoms with van der Waals surface area (Å²) in [5, 5.41) is 14.3. The fourth-order valence-corrected chi connectivity index (χ4v) is 4.65. The lowest BCUT2D eigenvalue weighted by molar-refractivity contribution is 0.0396. The first-order valence-electron chi connectivity index (χ1n) is 10.7. The molecule has 0 saturated carbocycles. The van der Waals surface area contributed by atoms with Gasteiger partial charge in [-0.3, -0.25) is 0 Å². The monoisotopic (exact) mass is 436 g/mol. The van der Waals surface area contributed by atoms with Crippen molar-refractivity contribution in [3.05, 3.63) is 76.6 Å². The molecule has 1 aliphatic heterocycles. The van der Waals surface area contributed by atoms with E-state index in [1.165, 1.54) is 11.1 Å². The number of hydrogen-bond donors (Lipinski definition) is 2. The number of aryl methyl sites for hydroxylation is 1. The zero-order valence-electron chi connectivity index (χ0n) is 17.2. The number of morpholine rings is 1. The Morgan fingerprint density at radius 1 is 1.13 bits per heavy atom. The Morgan fingerprint density at radius 2 is 2.03 bits per heavy atom. The van der Waals surface area contributed by atoms with Gasteiger partial charge in [0.15, 0.2) is 0 Å². The molecular weight excluding hydrogens is 412 g/mol. The van der Waals surface area contributed by atoms with E-state index in [0.29, 0.717) is 19.6 Å². The third kappa shape index (κ3) is 4.37. The van der Waals surface area contributed by atoms with Crippen molar-refractivity contribution in [2.75, 3.05) is 29.9 Å². The Hall–Kier alpha value is -2.67. The van der Waals surface area contributed by atoms with Gasteiger partial charge in [-0.1, -0.05) is 41.9 Å². The number of anilines is 3. The minimum absolute atomic E-state index is 0.101. The predicted molar refractivity (Wildman–Crippen MR) is 122 cm³/mol. The van der Waals surface area contributed by atoms with Gasteiger partial charge < -0.3 is 20.1 Å². The topological polar surface area (TPSA) is 70.5 Å². The number of nitrogens with one attached hydrogen (secondary N) is 1. The molecule has 5 rings (SSSR count). The van der Waals surface area contributed by atoms with Crippen LogP contribution in [-0.4, -0.2) is 40.9 Å². The van der Waals surface area contributed by atoms with E-state index in [2.05, 4.69) is 32.3 Å². The second kappa shape index (κ2) is 8.83. The van der Waals surface area contributed by atoms with Gasteiger partial charge in [0.05, 0.1) is 12.7 Å². The lowest BCUT2D eigenvalue weighted by atomic mass is 9.88. The molecule has 3 aromatic rings. The Labute approximate surface area is 186 Å². The molecular formula is C24H25ClN4O2. The van der Waals surface area contributed by atoms with Crippen LogP contribution >= 0.6 is 11.6 Å². The maximum Gasteiger partial charge on any atom is 0.135 e. The summed E-state index contributed by atoms with van der Waals surface area (Å²) in [7, 11) is 0. The van der Waals surface area contributed by atoms with Crippen molar-refractivity contribution in [1.82, 2.24) is 9.97 Å². The Balaban J connectivity index is 1.36. The first kappa shape index (κ1) is 20.2. The molecule has 2 aromatic carbocycles. The van der Waals surface area contributed by atoms with E-state index in [1.807, 2.05) is 36.4 Å². The largest absolute Gasteiger partial charge is 0.393 e. The number of fused-ring (bicyclic) bond motifs is 1. The molecule has 0 radical (unpaired) electrons. The molecule has 1 aliphatic carbocycles. The van der Waals surface area contributed by atoms with Crippen molar-refractivity contribution in [2.24, 2.45) is 0 Å². The van der Waals surface area contributed by atoms with E-state index >= 15 is 0 Å². The van der Waals surface area contributed by atoms with Crippen LogP contribution in [0.25, 0.3) is 0 Å². The number of halogens is 1. The van der Waals surface area contributed by atoms with Gasteiger partial charge in [-0.05, 0) is 36.1 Å². The first-order chi connectivity index (χ1) is 15.2. The predicted octanol–water partition coefficient (Wildman–Crippen LogP) is 4.30. The number of hydrogen-bond acceptors (Lipinski definition) is 6. The quantitative estimate of drug-likeness (QED) is 0.635. The number of benzene rings is 2. The number of rotatable bonds is 4. The molecule has 2 N–H and O–H groups in total. The molecule has 2 aliphatic rings. The third-order valence-electron chi connectivity index (χ3n) is 6.02. The average molecular weight is 437 g/mol. The molecule has 160 valence electrons.